The van der Waals surface area contributed by atoms with E-state index in [2.05, 4.69) is 156 Å². The van der Waals surface area contributed by atoms with Crippen LogP contribution in [0.1, 0.15) is 0 Å². The molecule has 3 heterocycles. The second kappa shape index (κ2) is 11.4. The second-order valence-corrected chi connectivity index (χ2v) is 14.3. The van der Waals surface area contributed by atoms with Crippen LogP contribution in [0.3, 0.4) is 0 Å². The number of hydrogen-bond donors (Lipinski definition) is 0. The molecule has 11 aromatic rings. The SMILES string of the molecule is c1ccc(-c2nc(-c3cccc4ccccc34)nc(-c3cc(-n4c5ccccc5c5c6ccccc6ccc54)cc4c3sc3ccccc34)n2)cc1. The topological polar surface area (TPSA) is 43.6 Å². The van der Waals surface area contributed by atoms with Crippen LogP contribution in [-0.4, -0.2) is 19.5 Å². The normalized spacial score (nSPS) is 11.8. The first kappa shape index (κ1) is 29.1. The third-order valence-electron chi connectivity index (χ3n) is 10.2. The van der Waals surface area contributed by atoms with Gasteiger partial charge in [0.15, 0.2) is 17.5 Å². The lowest BCUT2D eigenvalue weighted by atomic mass is 10.0. The van der Waals surface area contributed by atoms with Gasteiger partial charge in [-0.05, 0) is 51.9 Å². The Labute approximate surface area is 302 Å². The van der Waals surface area contributed by atoms with Gasteiger partial charge in [0.1, 0.15) is 0 Å². The molecule has 4 nitrogen and oxygen atoms in total. The first-order valence-corrected chi connectivity index (χ1v) is 18.3. The van der Waals surface area contributed by atoms with Crippen LogP contribution >= 0.6 is 11.3 Å². The van der Waals surface area contributed by atoms with Crippen LogP contribution in [0.15, 0.2) is 170 Å². The van der Waals surface area contributed by atoms with Gasteiger partial charge in [-0.2, -0.15) is 0 Å². The van der Waals surface area contributed by atoms with Crippen molar-refractivity contribution in [3.05, 3.63) is 170 Å². The first-order chi connectivity index (χ1) is 25.8. The molecule has 0 spiro atoms. The largest absolute Gasteiger partial charge is 0.309 e. The molecule has 8 aromatic carbocycles. The molecule has 0 aliphatic rings. The highest BCUT2D eigenvalue weighted by atomic mass is 32.1. The summed E-state index contributed by atoms with van der Waals surface area (Å²) in [6.07, 6.45) is 0. The molecule has 3 aromatic heterocycles. The number of fused-ring (bicyclic) bond motifs is 9. The van der Waals surface area contributed by atoms with Crippen LogP contribution in [-0.2, 0) is 0 Å². The Balaban J connectivity index is 1.26. The molecule has 5 heteroatoms. The van der Waals surface area contributed by atoms with Crippen LogP contribution in [0.2, 0.25) is 0 Å². The van der Waals surface area contributed by atoms with E-state index in [1.807, 2.05) is 18.2 Å². The average Bonchev–Trinajstić information content (AvgIpc) is 3.76. The number of nitrogens with zero attached hydrogens (tertiary/aromatic N) is 4. The predicted octanol–water partition coefficient (Wildman–Crippen LogP) is 12.6. The first-order valence-electron chi connectivity index (χ1n) is 17.5. The lowest BCUT2D eigenvalue weighted by molar-refractivity contribution is 1.08. The molecule has 0 radical (unpaired) electrons. The average molecular weight is 681 g/mol. The Kier molecular flexibility index (Phi) is 6.39. The van der Waals surface area contributed by atoms with Crippen molar-refractivity contribution in [3.8, 4) is 39.9 Å². The van der Waals surface area contributed by atoms with Gasteiger partial charge in [0.05, 0.1) is 11.0 Å². The molecule has 0 fully saturated rings. The number of hydrogen-bond acceptors (Lipinski definition) is 4. The number of para-hydroxylation sites is 1. The van der Waals surface area contributed by atoms with E-state index in [0.29, 0.717) is 17.5 Å². The van der Waals surface area contributed by atoms with Crippen LogP contribution in [0.5, 0.6) is 0 Å². The molecule has 0 saturated carbocycles. The minimum absolute atomic E-state index is 0.650. The van der Waals surface area contributed by atoms with E-state index in [1.165, 1.54) is 42.5 Å². The lowest BCUT2D eigenvalue weighted by Crippen LogP contribution is -2.02. The second-order valence-electron chi connectivity index (χ2n) is 13.2. The summed E-state index contributed by atoms with van der Waals surface area (Å²) in [5.41, 5.74) is 6.32. The number of aromatic nitrogens is 4. The Hall–Kier alpha value is -6.69. The molecular formula is C47H28N4S. The molecule has 0 unspecified atom stereocenters. The van der Waals surface area contributed by atoms with Gasteiger partial charge in [-0.25, -0.2) is 15.0 Å². The van der Waals surface area contributed by atoms with E-state index < -0.39 is 0 Å². The van der Waals surface area contributed by atoms with Crippen molar-refractivity contribution < 1.29 is 0 Å². The quantitative estimate of drug-likeness (QED) is 0.186. The molecule has 0 atom stereocenters. The van der Waals surface area contributed by atoms with Crippen LogP contribution in [0.25, 0.3) is 103 Å². The van der Waals surface area contributed by atoms with Gasteiger partial charge in [-0.3, -0.25) is 0 Å². The fourth-order valence-corrected chi connectivity index (χ4v) is 9.07. The molecule has 0 aliphatic heterocycles. The summed E-state index contributed by atoms with van der Waals surface area (Å²) in [4.78, 5) is 15.7. The van der Waals surface area contributed by atoms with E-state index in [-0.39, 0.29) is 0 Å². The molecule has 11 rings (SSSR count). The minimum Gasteiger partial charge on any atom is -0.309 e. The van der Waals surface area contributed by atoms with Gasteiger partial charge in [0, 0.05) is 53.3 Å². The highest BCUT2D eigenvalue weighted by Gasteiger charge is 2.21. The summed E-state index contributed by atoms with van der Waals surface area (Å²) in [6, 6.07) is 60.2. The summed E-state index contributed by atoms with van der Waals surface area (Å²) in [7, 11) is 0. The summed E-state index contributed by atoms with van der Waals surface area (Å²) < 4.78 is 4.80. The smallest absolute Gasteiger partial charge is 0.165 e. The lowest BCUT2D eigenvalue weighted by Gasteiger charge is -2.14. The Bertz CT molecular complexity index is 3190. The van der Waals surface area contributed by atoms with Crippen LogP contribution < -0.4 is 0 Å². The summed E-state index contributed by atoms with van der Waals surface area (Å²) in [5.74, 6) is 1.96. The fourth-order valence-electron chi connectivity index (χ4n) is 7.88. The maximum Gasteiger partial charge on any atom is 0.165 e. The number of rotatable bonds is 4. The van der Waals surface area contributed by atoms with Crippen LogP contribution in [0, 0.1) is 0 Å². The standard InChI is InChI=1S/C47H28N4S/c1-2-15-31(16-3-1)45-48-46(36-22-12-17-29-13-4-6-18-33(29)36)50-47(49-45)39-28-32(27-38-35-20-9-11-24-42(35)52-44(38)39)51-40-23-10-8-21-37(40)43-34-19-7-5-14-30(34)25-26-41(43)51/h1-28H. The third kappa shape index (κ3) is 4.43. The van der Waals surface area contributed by atoms with E-state index in [1.54, 1.807) is 11.3 Å². The summed E-state index contributed by atoms with van der Waals surface area (Å²) in [5, 5.41) is 9.65. The highest BCUT2D eigenvalue weighted by molar-refractivity contribution is 7.26. The molecule has 0 saturated heterocycles. The molecule has 0 N–H and O–H groups in total. The van der Waals surface area contributed by atoms with Crippen molar-refractivity contribution in [1.82, 2.24) is 19.5 Å². The Morgan fingerprint density at radius 2 is 1.04 bits per heavy atom. The fraction of sp³-hybridized carbons (Fsp3) is 0. The monoisotopic (exact) mass is 680 g/mol. The number of benzene rings is 8. The molecule has 242 valence electrons. The highest BCUT2D eigenvalue weighted by Crippen LogP contribution is 2.44. The van der Waals surface area contributed by atoms with Gasteiger partial charge in [0.2, 0.25) is 0 Å². The molecule has 0 bridgehead atoms. The summed E-state index contributed by atoms with van der Waals surface area (Å²) >= 11 is 1.79. The van der Waals surface area contributed by atoms with Crippen LogP contribution in [0.4, 0.5) is 0 Å². The van der Waals surface area contributed by atoms with Gasteiger partial charge < -0.3 is 4.57 Å². The maximum atomic E-state index is 5.33. The number of thiophene rings is 1. The van der Waals surface area contributed by atoms with Crippen molar-refractivity contribution >= 4 is 74.9 Å². The zero-order valence-corrected chi connectivity index (χ0v) is 28.7. The molecule has 0 amide bonds. The van der Waals surface area contributed by atoms with Crippen molar-refractivity contribution in [2.24, 2.45) is 0 Å². The van der Waals surface area contributed by atoms with Crippen molar-refractivity contribution in [1.29, 1.82) is 0 Å². The predicted molar refractivity (Wildman–Crippen MR) is 218 cm³/mol. The van der Waals surface area contributed by atoms with E-state index in [9.17, 15) is 0 Å². The Morgan fingerprint density at radius 1 is 0.404 bits per heavy atom. The Morgan fingerprint density at radius 3 is 1.88 bits per heavy atom. The molecular weight excluding hydrogens is 653 g/mol. The van der Waals surface area contributed by atoms with E-state index in [4.69, 9.17) is 15.0 Å². The van der Waals surface area contributed by atoms with Gasteiger partial charge >= 0.3 is 0 Å². The summed E-state index contributed by atoms with van der Waals surface area (Å²) in [6.45, 7) is 0. The minimum atomic E-state index is 0.650. The van der Waals surface area contributed by atoms with Gasteiger partial charge in [-0.1, -0.05) is 140 Å². The van der Waals surface area contributed by atoms with Crippen molar-refractivity contribution in [2.75, 3.05) is 0 Å². The third-order valence-corrected chi connectivity index (χ3v) is 11.4. The van der Waals surface area contributed by atoms with E-state index >= 15 is 0 Å². The van der Waals surface area contributed by atoms with Crippen molar-refractivity contribution in [2.45, 2.75) is 0 Å². The zero-order chi connectivity index (χ0) is 34.2. The van der Waals surface area contributed by atoms with Crippen molar-refractivity contribution in [3.63, 3.8) is 0 Å². The molecule has 52 heavy (non-hydrogen) atoms. The maximum absolute atomic E-state index is 5.33. The van der Waals surface area contributed by atoms with Gasteiger partial charge in [0.25, 0.3) is 0 Å². The molecule has 0 aliphatic carbocycles. The van der Waals surface area contributed by atoms with E-state index in [0.717, 1.165) is 43.4 Å². The zero-order valence-electron chi connectivity index (χ0n) is 27.9. The van der Waals surface area contributed by atoms with Gasteiger partial charge in [-0.15, -0.1) is 11.3 Å².